The second kappa shape index (κ2) is 8.09. The highest BCUT2D eigenvalue weighted by Crippen LogP contribution is 2.20. The van der Waals surface area contributed by atoms with E-state index in [9.17, 15) is 0 Å². The Balaban J connectivity index is 0.00000180. The summed E-state index contributed by atoms with van der Waals surface area (Å²) in [5, 5.41) is 7.76. The van der Waals surface area contributed by atoms with Crippen LogP contribution in [0.5, 0.6) is 0 Å². The van der Waals surface area contributed by atoms with Crippen LogP contribution < -0.4 is 5.32 Å². The van der Waals surface area contributed by atoms with E-state index < -0.39 is 0 Å². The van der Waals surface area contributed by atoms with Crippen molar-refractivity contribution in [2.45, 2.75) is 26.8 Å². The standard InChI is InChI=1S/C14H23N3S.HI/c1-11-6-12(2)9-17(8-11)14(15-3)16-7-13-4-5-18-10-13;/h4-5,10-12H,6-9H2,1-3H3,(H,15,16);1H. The van der Waals surface area contributed by atoms with E-state index in [2.05, 4.69) is 45.9 Å². The Labute approximate surface area is 137 Å². The lowest BCUT2D eigenvalue weighted by Crippen LogP contribution is -2.48. The third kappa shape index (κ3) is 4.95. The third-order valence-electron chi connectivity index (χ3n) is 3.41. The van der Waals surface area contributed by atoms with Crippen molar-refractivity contribution in [2.24, 2.45) is 16.8 Å². The van der Waals surface area contributed by atoms with Gasteiger partial charge in [0.15, 0.2) is 5.96 Å². The SMILES string of the molecule is CN=C(NCc1ccsc1)N1CC(C)CC(C)C1.I. The van der Waals surface area contributed by atoms with Crippen LogP contribution in [0.15, 0.2) is 21.8 Å². The first-order chi connectivity index (χ1) is 8.69. The Morgan fingerprint density at radius 3 is 2.63 bits per heavy atom. The summed E-state index contributed by atoms with van der Waals surface area (Å²) < 4.78 is 0. The molecule has 2 rings (SSSR count). The van der Waals surface area contributed by atoms with Gasteiger partial charge >= 0.3 is 0 Å². The summed E-state index contributed by atoms with van der Waals surface area (Å²) in [6.45, 7) is 7.76. The fourth-order valence-electron chi connectivity index (χ4n) is 2.74. The topological polar surface area (TPSA) is 27.6 Å². The first kappa shape index (κ1) is 16.8. The highest BCUT2D eigenvalue weighted by molar-refractivity contribution is 14.0. The summed E-state index contributed by atoms with van der Waals surface area (Å²) in [5.74, 6) is 2.56. The quantitative estimate of drug-likeness (QED) is 0.474. The summed E-state index contributed by atoms with van der Waals surface area (Å²) in [6, 6.07) is 2.16. The molecule has 1 fully saturated rings. The predicted molar refractivity (Wildman–Crippen MR) is 94.5 cm³/mol. The molecule has 1 aromatic rings. The van der Waals surface area contributed by atoms with E-state index in [0.29, 0.717) is 0 Å². The largest absolute Gasteiger partial charge is 0.352 e. The zero-order valence-electron chi connectivity index (χ0n) is 11.9. The molecule has 1 aliphatic heterocycles. The van der Waals surface area contributed by atoms with Gasteiger partial charge in [0.05, 0.1) is 0 Å². The van der Waals surface area contributed by atoms with E-state index in [4.69, 9.17) is 0 Å². The molecule has 2 atom stereocenters. The van der Waals surface area contributed by atoms with Crippen LogP contribution in [0.1, 0.15) is 25.8 Å². The van der Waals surface area contributed by atoms with Gasteiger partial charge < -0.3 is 10.2 Å². The summed E-state index contributed by atoms with van der Waals surface area (Å²) >= 11 is 1.74. The van der Waals surface area contributed by atoms with E-state index in [1.807, 2.05) is 7.05 Å². The number of thiophene rings is 1. The molecule has 1 aromatic heterocycles. The molecular weight excluding hydrogens is 369 g/mol. The van der Waals surface area contributed by atoms with Crippen molar-refractivity contribution in [3.05, 3.63) is 22.4 Å². The lowest BCUT2D eigenvalue weighted by molar-refractivity contribution is 0.208. The van der Waals surface area contributed by atoms with Crippen LogP contribution in [0.25, 0.3) is 0 Å². The molecule has 0 aliphatic carbocycles. The van der Waals surface area contributed by atoms with E-state index in [1.165, 1.54) is 12.0 Å². The smallest absolute Gasteiger partial charge is 0.193 e. The highest BCUT2D eigenvalue weighted by atomic mass is 127. The molecule has 0 amide bonds. The van der Waals surface area contributed by atoms with Gasteiger partial charge in [0.2, 0.25) is 0 Å². The monoisotopic (exact) mass is 393 g/mol. The molecule has 3 nitrogen and oxygen atoms in total. The number of hydrogen-bond donors (Lipinski definition) is 1. The lowest BCUT2D eigenvalue weighted by atomic mass is 9.92. The fourth-order valence-corrected chi connectivity index (χ4v) is 3.41. The van der Waals surface area contributed by atoms with Crippen LogP contribution in [0, 0.1) is 11.8 Å². The Bertz CT molecular complexity index is 381. The second-order valence-electron chi connectivity index (χ2n) is 5.38. The molecule has 2 heterocycles. The van der Waals surface area contributed by atoms with Gasteiger partial charge in [-0.05, 0) is 40.6 Å². The molecule has 0 radical (unpaired) electrons. The molecular formula is C14H24IN3S. The van der Waals surface area contributed by atoms with E-state index in [1.54, 1.807) is 11.3 Å². The van der Waals surface area contributed by atoms with Crippen molar-refractivity contribution in [1.82, 2.24) is 10.2 Å². The van der Waals surface area contributed by atoms with Gasteiger partial charge in [0, 0.05) is 26.7 Å². The number of hydrogen-bond acceptors (Lipinski definition) is 2. The summed E-state index contributed by atoms with van der Waals surface area (Å²) in [7, 11) is 1.87. The number of rotatable bonds is 2. The van der Waals surface area contributed by atoms with Crippen molar-refractivity contribution in [3.63, 3.8) is 0 Å². The van der Waals surface area contributed by atoms with Crippen LogP contribution >= 0.6 is 35.3 Å². The normalized spacial score (nSPS) is 23.9. The second-order valence-corrected chi connectivity index (χ2v) is 6.16. The summed E-state index contributed by atoms with van der Waals surface area (Å²) in [5.41, 5.74) is 1.33. The number of aliphatic imine (C=N–C) groups is 1. The van der Waals surface area contributed by atoms with Crippen molar-refractivity contribution in [2.75, 3.05) is 20.1 Å². The first-order valence-corrected chi connectivity index (χ1v) is 7.60. The van der Waals surface area contributed by atoms with Gasteiger partial charge in [-0.2, -0.15) is 11.3 Å². The van der Waals surface area contributed by atoms with Crippen molar-refractivity contribution < 1.29 is 0 Å². The minimum absolute atomic E-state index is 0. The maximum atomic E-state index is 4.41. The summed E-state index contributed by atoms with van der Waals surface area (Å²) in [6.07, 6.45) is 1.33. The van der Waals surface area contributed by atoms with E-state index in [-0.39, 0.29) is 24.0 Å². The van der Waals surface area contributed by atoms with Gasteiger partial charge in [0.1, 0.15) is 0 Å². The average molecular weight is 393 g/mol. The van der Waals surface area contributed by atoms with Gasteiger partial charge in [-0.3, -0.25) is 4.99 Å². The van der Waals surface area contributed by atoms with Gasteiger partial charge in [-0.1, -0.05) is 13.8 Å². The summed E-state index contributed by atoms with van der Waals surface area (Å²) in [4.78, 5) is 6.81. The Morgan fingerprint density at radius 1 is 1.42 bits per heavy atom. The Morgan fingerprint density at radius 2 is 2.11 bits per heavy atom. The Hall–Kier alpha value is -0.300. The highest BCUT2D eigenvalue weighted by Gasteiger charge is 2.23. The maximum absolute atomic E-state index is 4.41. The van der Waals surface area contributed by atoms with Gasteiger partial charge in [-0.25, -0.2) is 0 Å². The molecule has 5 heteroatoms. The number of nitrogens with one attached hydrogen (secondary N) is 1. The predicted octanol–water partition coefficient (Wildman–Crippen LogP) is 3.42. The fraction of sp³-hybridized carbons (Fsp3) is 0.643. The number of likely N-dealkylation sites (tertiary alicyclic amines) is 1. The maximum Gasteiger partial charge on any atom is 0.193 e. The average Bonchev–Trinajstić information content (AvgIpc) is 2.81. The number of nitrogens with zero attached hydrogens (tertiary/aromatic N) is 2. The molecule has 2 unspecified atom stereocenters. The Kier molecular flexibility index (Phi) is 7.13. The zero-order valence-corrected chi connectivity index (χ0v) is 15.1. The van der Waals surface area contributed by atoms with Crippen molar-refractivity contribution >= 4 is 41.3 Å². The van der Waals surface area contributed by atoms with Crippen LogP contribution in [0.3, 0.4) is 0 Å². The number of piperidine rings is 1. The molecule has 0 bridgehead atoms. The molecule has 108 valence electrons. The minimum Gasteiger partial charge on any atom is -0.352 e. The first-order valence-electron chi connectivity index (χ1n) is 6.65. The van der Waals surface area contributed by atoms with Crippen LogP contribution in [0.2, 0.25) is 0 Å². The van der Waals surface area contributed by atoms with Crippen LogP contribution in [-0.4, -0.2) is 31.0 Å². The number of guanidine groups is 1. The van der Waals surface area contributed by atoms with Crippen LogP contribution in [0.4, 0.5) is 0 Å². The molecule has 1 saturated heterocycles. The van der Waals surface area contributed by atoms with Crippen molar-refractivity contribution in [3.8, 4) is 0 Å². The van der Waals surface area contributed by atoms with E-state index >= 15 is 0 Å². The van der Waals surface area contributed by atoms with Gasteiger partial charge in [-0.15, -0.1) is 24.0 Å². The molecule has 0 spiro atoms. The molecule has 19 heavy (non-hydrogen) atoms. The van der Waals surface area contributed by atoms with E-state index in [0.717, 1.165) is 37.4 Å². The number of halogens is 1. The minimum atomic E-state index is 0. The van der Waals surface area contributed by atoms with Crippen molar-refractivity contribution in [1.29, 1.82) is 0 Å². The molecule has 0 saturated carbocycles. The van der Waals surface area contributed by atoms with Crippen LogP contribution in [-0.2, 0) is 6.54 Å². The molecule has 1 N–H and O–H groups in total. The molecule has 0 aromatic carbocycles. The molecule has 1 aliphatic rings. The third-order valence-corrected chi connectivity index (χ3v) is 4.14. The van der Waals surface area contributed by atoms with Gasteiger partial charge in [0.25, 0.3) is 0 Å². The zero-order chi connectivity index (χ0) is 13.0. The lowest BCUT2D eigenvalue weighted by Gasteiger charge is -2.37.